The van der Waals surface area contributed by atoms with Crippen LogP contribution in [0.2, 0.25) is 0 Å². The third-order valence-electron chi connectivity index (χ3n) is 2.68. The first-order valence-corrected chi connectivity index (χ1v) is 4.18. The molecule has 1 saturated carbocycles. The van der Waals surface area contributed by atoms with Gasteiger partial charge in [-0.1, -0.05) is 19.3 Å². The highest BCUT2D eigenvalue weighted by Gasteiger charge is 2.38. The van der Waals surface area contributed by atoms with Crippen LogP contribution in [0.4, 0.5) is 0 Å². The Kier molecular flexibility index (Phi) is 1.40. The highest BCUT2D eigenvalue weighted by molar-refractivity contribution is 5.85. The van der Waals surface area contributed by atoms with Gasteiger partial charge in [-0.15, -0.1) is 0 Å². The van der Waals surface area contributed by atoms with Crippen molar-refractivity contribution in [3.8, 4) is 0 Å². The van der Waals surface area contributed by atoms with E-state index in [-0.39, 0.29) is 0 Å². The van der Waals surface area contributed by atoms with E-state index in [1.165, 1.54) is 25.7 Å². The van der Waals surface area contributed by atoms with E-state index in [1.54, 1.807) is 0 Å². The number of rotatable bonds is 0. The fourth-order valence-electron chi connectivity index (χ4n) is 1.99. The monoisotopic (exact) mass is 139 g/mol. The minimum atomic E-state index is 0.298. The molecule has 1 aliphatic heterocycles. The molecule has 0 bridgehead atoms. The molecule has 2 aliphatic rings. The van der Waals surface area contributed by atoms with Crippen LogP contribution in [0.5, 0.6) is 0 Å². The van der Waals surface area contributed by atoms with Crippen LogP contribution in [0.25, 0.3) is 0 Å². The molecule has 1 N–H and O–H groups in total. The van der Waals surface area contributed by atoms with Crippen molar-refractivity contribution in [1.29, 1.82) is 0 Å². The smallest absolute Gasteiger partial charge is 0.225 e. The minimum absolute atomic E-state index is 0.298. The lowest BCUT2D eigenvalue weighted by Gasteiger charge is -2.35. The Bertz CT molecular complexity index is 155. The highest BCUT2D eigenvalue weighted by Crippen LogP contribution is 2.29. The van der Waals surface area contributed by atoms with E-state index in [9.17, 15) is 4.79 Å². The molecule has 1 saturated heterocycles. The summed E-state index contributed by atoms with van der Waals surface area (Å²) in [5.74, 6) is 0.689. The number of carbonyl (C=O) groups excluding carboxylic acids is 1. The van der Waals surface area contributed by atoms with Gasteiger partial charge in [0.1, 0.15) is 0 Å². The Labute approximate surface area is 61.0 Å². The number of hydrogen-bond acceptors (Lipinski definition) is 1. The molecule has 1 amide bonds. The van der Waals surface area contributed by atoms with Crippen molar-refractivity contribution >= 4 is 5.91 Å². The van der Waals surface area contributed by atoms with Gasteiger partial charge in [-0.25, -0.2) is 0 Å². The topological polar surface area (TPSA) is 29.1 Å². The summed E-state index contributed by atoms with van der Waals surface area (Å²) in [4.78, 5) is 10.9. The van der Waals surface area contributed by atoms with Crippen molar-refractivity contribution in [3.05, 3.63) is 0 Å². The fraction of sp³-hybridized carbons (Fsp3) is 0.875. The first-order valence-electron chi connectivity index (χ1n) is 4.18. The van der Waals surface area contributed by atoms with Gasteiger partial charge in [0.05, 0.1) is 5.92 Å². The van der Waals surface area contributed by atoms with Gasteiger partial charge in [-0.05, 0) is 12.8 Å². The fourth-order valence-corrected chi connectivity index (χ4v) is 1.99. The Balaban J connectivity index is 1.99. The molecule has 0 radical (unpaired) electrons. The zero-order valence-electron chi connectivity index (χ0n) is 6.10. The van der Waals surface area contributed by atoms with Gasteiger partial charge in [0, 0.05) is 6.04 Å². The third kappa shape index (κ3) is 0.825. The zero-order valence-corrected chi connectivity index (χ0v) is 6.10. The SMILES string of the molecule is O=C1N[C@H]2CCCCC[C@@H]12. The predicted molar refractivity (Wildman–Crippen MR) is 38.5 cm³/mol. The van der Waals surface area contributed by atoms with E-state index in [0.717, 1.165) is 6.42 Å². The number of hydrogen-bond donors (Lipinski definition) is 1. The highest BCUT2D eigenvalue weighted by atomic mass is 16.2. The van der Waals surface area contributed by atoms with Gasteiger partial charge in [-0.3, -0.25) is 4.79 Å². The molecular weight excluding hydrogens is 126 g/mol. The molecule has 0 aromatic heterocycles. The van der Waals surface area contributed by atoms with Crippen LogP contribution in [0.1, 0.15) is 32.1 Å². The maximum Gasteiger partial charge on any atom is 0.225 e. The minimum Gasteiger partial charge on any atom is -0.352 e. The van der Waals surface area contributed by atoms with E-state index in [4.69, 9.17) is 0 Å². The van der Waals surface area contributed by atoms with Gasteiger partial charge < -0.3 is 5.32 Å². The van der Waals surface area contributed by atoms with Crippen molar-refractivity contribution in [2.75, 3.05) is 0 Å². The van der Waals surface area contributed by atoms with Crippen molar-refractivity contribution in [3.63, 3.8) is 0 Å². The normalized spacial score (nSPS) is 39.0. The lowest BCUT2D eigenvalue weighted by atomic mass is 9.87. The summed E-state index contributed by atoms with van der Waals surface area (Å²) < 4.78 is 0. The standard InChI is InChI=1S/C8H13NO/c10-8-6-4-2-1-3-5-7(6)9-8/h6-7H,1-5H2,(H,9,10)/t6-,7+/m1/s1. The van der Waals surface area contributed by atoms with Crippen LogP contribution >= 0.6 is 0 Å². The van der Waals surface area contributed by atoms with Crippen LogP contribution in [-0.4, -0.2) is 11.9 Å². The molecule has 2 heteroatoms. The number of fused-ring (bicyclic) bond motifs is 1. The van der Waals surface area contributed by atoms with Crippen molar-refractivity contribution in [2.24, 2.45) is 5.92 Å². The van der Waals surface area contributed by atoms with Gasteiger partial charge in [-0.2, -0.15) is 0 Å². The summed E-state index contributed by atoms with van der Waals surface area (Å²) >= 11 is 0. The molecule has 10 heavy (non-hydrogen) atoms. The Morgan fingerprint density at radius 3 is 2.80 bits per heavy atom. The lowest BCUT2D eigenvalue weighted by molar-refractivity contribution is -0.135. The largest absolute Gasteiger partial charge is 0.352 e. The van der Waals surface area contributed by atoms with Gasteiger partial charge in [0.15, 0.2) is 0 Å². The van der Waals surface area contributed by atoms with Crippen molar-refractivity contribution in [2.45, 2.75) is 38.1 Å². The lowest BCUT2D eigenvalue weighted by Crippen LogP contribution is -2.57. The molecule has 1 aliphatic carbocycles. The molecule has 2 rings (SSSR count). The van der Waals surface area contributed by atoms with Crippen LogP contribution < -0.4 is 5.32 Å². The Morgan fingerprint density at radius 1 is 1.20 bits per heavy atom. The summed E-state index contributed by atoms with van der Waals surface area (Å²) in [6.07, 6.45) is 6.24. The van der Waals surface area contributed by atoms with Crippen molar-refractivity contribution in [1.82, 2.24) is 5.32 Å². The average molecular weight is 139 g/mol. The molecule has 2 atom stereocenters. The average Bonchev–Trinajstić information content (AvgIpc) is 2.09. The Morgan fingerprint density at radius 2 is 2.00 bits per heavy atom. The summed E-state index contributed by atoms with van der Waals surface area (Å²) in [5.41, 5.74) is 0. The van der Waals surface area contributed by atoms with Crippen LogP contribution in [-0.2, 0) is 4.79 Å². The molecule has 0 spiro atoms. The number of nitrogens with one attached hydrogen (secondary N) is 1. The van der Waals surface area contributed by atoms with Gasteiger partial charge in [0.25, 0.3) is 0 Å². The van der Waals surface area contributed by atoms with Crippen LogP contribution in [0.15, 0.2) is 0 Å². The van der Waals surface area contributed by atoms with E-state index < -0.39 is 0 Å². The maximum atomic E-state index is 10.9. The van der Waals surface area contributed by atoms with E-state index in [2.05, 4.69) is 5.32 Å². The second-order valence-electron chi connectivity index (χ2n) is 3.36. The molecule has 2 nitrogen and oxygen atoms in total. The Hall–Kier alpha value is -0.530. The van der Waals surface area contributed by atoms with Crippen molar-refractivity contribution < 1.29 is 4.79 Å². The first-order chi connectivity index (χ1) is 4.88. The zero-order chi connectivity index (χ0) is 6.97. The third-order valence-corrected chi connectivity index (χ3v) is 2.68. The summed E-state index contributed by atoms with van der Waals surface area (Å²) in [7, 11) is 0. The van der Waals surface area contributed by atoms with Gasteiger partial charge >= 0.3 is 0 Å². The molecular formula is C8H13NO. The van der Waals surface area contributed by atoms with Crippen LogP contribution in [0, 0.1) is 5.92 Å². The second kappa shape index (κ2) is 2.26. The summed E-state index contributed by atoms with van der Waals surface area (Å²) in [6.45, 7) is 0. The second-order valence-corrected chi connectivity index (χ2v) is 3.36. The number of amides is 1. The molecule has 0 unspecified atom stereocenters. The quantitative estimate of drug-likeness (QED) is 0.500. The molecule has 56 valence electrons. The van der Waals surface area contributed by atoms with E-state index in [1.807, 2.05) is 0 Å². The molecule has 0 aromatic carbocycles. The maximum absolute atomic E-state index is 10.9. The van der Waals surface area contributed by atoms with E-state index >= 15 is 0 Å². The van der Waals surface area contributed by atoms with E-state index in [0.29, 0.717) is 17.9 Å². The molecule has 0 aromatic rings. The predicted octanol–water partition coefficient (Wildman–Crippen LogP) is 1.07. The molecule has 1 heterocycles. The number of carbonyl (C=O) groups is 1. The molecule has 2 fully saturated rings. The number of β-lactam (4-membered cyclic amide) rings is 1. The summed E-state index contributed by atoms with van der Waals surface area (Å²) in [5, 5.41) is 2.95. The van der Waals surface area contributed by atoms with Gasteiger partial charge in [0.2, 0.25) is 5.91 Å². The first kappa shape index (κ1) is 6.20. The van der Waals surface area contributed by atoms with Crippen LogP contribution in [0.3, 0.4) is 0 Å². The summed E-state index contributed by atoms with van der Waals surface area (Å²) in [6, 6.07) is 0.551.